The molecule has 1 aliphatic rings. The molecule has 1 unspecified atom stereocenters. The first-order chi connectivity index (χ1) is 17.9. The molecule has 0 radical (unpaired) electrons. The van der Waals surface area contributed by atoms with Gasteiger partial charge in [-0.1, -0.05) is 24.3 Å². The van der Waals surface area contributed by atoms with E-state index in [1.807, 2.05) is 13.8 Å². The molecular formula is C29H26F3NO5. The van der Waals surface area contributed by atoms with E-state index in [9.17, 15) is 33.0 Å². The van der Waals surface area contributed by atoms with Crippen LogP contribution in [0.25, 0.3) is 5.76 Å². The molecule has 1 saturated heterocycles. The summed E-state index contributed by atoms with van der Waals surface area (Å²) in [4.78, 5) is 27.5. The van der Waals surface area contributed by atoms with E-state index in [-0.39, 0.29) is 35.1 Å². The quantitative estimate of drug-likeness (QED) is 0.230. The fourth-order valence-electron chi connectivity index (χ4n) is 4.43. The Hall–Kier alpha value is -4.27. The summed E-state index contributed by atoms with van der Waals surface area (Å²) >= 11 is 0. The molecule has 0 bridgehead atoms. The van der Waals surface area contributed by atoms with Crippen molar-refractivity contribution in [3.63, 3.8) is 0 Å². The van der Waals surface area contributed by atoms with Crippen molar-refractivity contribution in [3.8, 4) is 11.5 Å². The molecule has 38 heavy (non-hydrogen) atoms. The highest BCUT2D eigenvalue weighted by atomic mass is 19.4. The van der Waals surface area contributed by atoms with Crippen LogP contribution in [0, 0.1) is 6.92 Å². The van der Waals surface area contributed by atoms with Crippen molar-refractivity contribution >= 4 is 17.4 Å². The summed E-state index contributed by atoms with van der Waals surface area (Å²) in [7, 11) is 0. The summed E-state index contributed by atoms with van der Waals surface area (Å²) < 4.78 is 45.6. The zero-order valence-electron chi connectivity index (χ0n) is 20.9. The minimum Gasteiger partial charge on any atom is -0.508 e. The molecular weight excluding hydrogens is 499 g/mol. The second kappa shape index (κ2) is 10.2. The number of benzene rings is 3. The van der Waals surface area contributed by atoms with Crippen LogP contribution in [-0.4, -0.2) is 32.9 Å². The molecule has 198 valence electrons. The van der Waals surface area contributed by atoms with E-state index in [1.165, 1.54) is 36.4 Å². The van der Waals surface area contributed by atoms with Gasteiger partial charge in [0.2, 0.25) is 0 Å². The van der Waals surface area contributed by atoms with Gasteiger partial charge < -0.3 is 19.8 Å². The number of aliphatic hydroxyl groups is 1. The molecule has 0 aliphatic carbocycles. The summed E-state index contributed by atoms with van der Waals surface area (Å²) in [5.74, 6) is -1.81. The molecule has 6 nitrogen and oxygen atoms in total. The number of hydrogen-bond acceptors (Lipinski definition) is 5. The first-order valence-corrected chi connectivity index (χ1v) is 11.9. The van der Waals surface area contributed by atoms with E-state index in [0.717, 1.165) is 17.0 Å². The van der Waals surface area contributed by atoms with Crippen LogP contribution in [0.15, 0.2) is 72.3 Å². The second-order valence-electron chi connectivity index (χ2n) is 9.36. The van der Waals surface area contributed by atoms with E-state index in [0.29, 0.717) is 16.9 Å². The van der Waals surface area contributed by atoms with Crippen molar-refractivity contribution in [2.45, 2.75) is 45.6 Å². The van der Waals surface area contributed by atoms with Crippen LogP contribution in [0.1, 0.15) is 47.7 Å². The third kappa shape index (κ3) is 5.37. The highest BCUT2D eigenvalue weighted by Crippen LogP contribution is 2.41. The van der Waals surface area contributed by atoms with Crippen molar-refractivity contribution in [1.29, 1.82) is 0 Å². The maximum Gasteiger partial charge on any atom is 0.416 e. The van der Waals surface area contributed by atoms with Crippen molar-refractivity contribution in [2.24, 2.45) is 0 Å². The van der Waals surface area contributed by atoms with E-state index in [1.54, 1.807) is 25.1 Å². The highest BCUT2D eigenvalue weighted by molar-refractivity contribution is 6.46. The van der Waals surface area contributed by atoms with E-state index in [2.05, 4.69) is 0 Å². The highest BCUT2D eigenvalue weighted by Gasteiger charge is 2.46. The number of rotatable bonds is 6. The minimum atomic E-state index is -4.58. The average molecular weight is 526 g/mol. The molecule has 0 spiro atoms. The molecule has 0 aromatic heterocycles. The summed E-state index contributed by atoms with van der Waals surface area (Å²) in [5.41, 5.74) is 0.446. The first kappa shape index (κ1) is 26.8. The van der Waals surface area contributed by atoms with Crippen molar-refractivity contribution in [3.05, 3.63) is 100 Å². The molecule has 2 N–H and O–H groups in total. The predicted molar refractivity (Wildman–Crippen MR) is 134 cm³/mol. The molecule has 1 atom stereocenters. The molecule has 9 heteroatoms. The van der Waals surface area contributed by atoms with Crippen LogP contribution in [-0.2, 0) is 22.3 Å². The van der Waals surface area contributed by atoms with Crippen LogP contribution in [0.3, 0.4) is 0 Å². The van der Waals surface area contributed by atoms with Gasteiger partial charge in [-0.3, -0.25) is 9.59 Å². The molecule has 1 aliphatic heterocycles. The Bertz CT molecular complexity index is 1410. The van der Waals surface area contributed by atoms with Gasteiger partial charge in [-0.25, -0.2) is 0 Å². The van der Waals surface area contributed by atoms with Gasteiger partial charge in [0.05, 0.1) is 23.3 Å². The summed E-state index contributed by atoms with van der Waals surface area (Å²) in [6.07, 6.45) is -4.66. The van der Waals surface area contributed by atoms with Gasteiger partial charge in [-0.2, -0.15) is 13.2 Å². The van der Waals surface area contributed by atoms with Crippen LogP contribution < -0.4 is 4.74 Å². The number of carbonyl (C=O) groups is 2. The first-order valence-electron chi connectivity index (χ1n) is 11.9. The fraction of sp³-hybridized carbons (Fsp3) is 0.241. The normalized spacial score (nSPS) is 17.3. The van der Waals surface area contributed by atoms with Gasteiger partial charge in [-0.05, 0) is 79.9 Å². The number of aromatic hydroxyl groups is 1. The van der Waals surface area contributed by atoms with E-state index >= 15 is 0 Å². The number of Topliss-reactive ketones (excluding diaryl/α,β-unsaturated/α-hetero) is 1. The van der Waals surface area contributed by atoms with Gasteiger partial charge in [0, 0.05) is 12.1 Å². The zero-order valence-corrected chi connectivity index (χ0v) is 20.9. The number of phenols is 1. The summed E-state index contributed by atoms with van der Waals surface area (Å²) in [5, 5.41) is 21.0. The van der Waals surface area contributed by atoms with Gasteiger partial charge in [0.1, 0.15) is 17.3 Å². The summed E-state index contributed by atoms with van der Waals surface area (Å²) in [6.45, 7) is 5.21. The lowest BCUT2D eigenvalue weighted by atomic mass is 9.94. The Labute approximate surface area is 217 Å². The number of carbonyl (C=O) groups excluding carboxylic acids is 2. The number of likely N-dealkylation sites (tertiary alicyclic amines) is 1. The largest absolute Gasteiger partial charge is 0.508 e. The predicted octanol–water partition coefficient (Wildman–Crippen LogP) is 6.13. The van der Waals surface area contributed by atoms with Crippen LogP contribution >= 0.6 is 0 Å². The third-order valence-corrected chi connectivity index (χ3v) is 6.17. The number of nitrogens with zero attached hydrogens (tertiary/aromatic N) is 1. The topological polar surface area (TPSA) is 87.1 Å². The maximum atomic E-state index is 13.3. The van der Waals surface area contributed by atoms with Crippen molar-refractivity contribution in [1.82, 2.24) is 4.90 Å². The number of aliphatic hydroxyl groups excluding tert-OH is 1. The fourth-order valence-corrected chi connectivity index (χ4v) is 4.43. The number of ether oxygens (including phenoxy) is 1. The number of aryl methyl sites for hydroxylation is 1. The summed E-state index contributed by atoms with van der Waals surface area (Å²) in [6, 6.07) is 13.9. The Morgan fingerprint density at radius 3 is 2.32 bits per heavy atom. The van der Waals surface area contributed by atoms with Gasteiger partial charge in [0.25, 0.3) is 11.7 Å². The lowest BCUT2D eigenvalue weighted by Crippen LogP contribution is -2.29. The molecule has 1 amide bonds. The Kier molecular flexibility index (Phi) is 7.22. The molecule has 4 rings (SSSR count). The Morgan fingerprint density at radius 1 is 1.03 bits per heavy atom. The zero-order chi connectivity index (χ0) is 27.8. The molecule has 1 heterocycles. The number of alkyl halides is 3. The van der Waals surface area contributed by atoms with Crippen LogP contribution in [0.5, 0.6) is 11.5 Å². The standard InChI is InChI=1S/C29H26F3NO5/c1-16(2)38-23-12-9-20(13-17(23)3)26(35)24-25(19-7-10-22(34)11-8-19)33(28(37)27(24)36)15-18-5-4-6-21(14-18)29(30,31)32/h4-14,16,25,34-35H,15H2,1-3H3/b26-24+. The van der Waals surface area contributed by atoms with Gasteiger partial charge in [0.15, 0.2) is 0 Å². The van der Waals surface area contributed by atoms with E-state index < -0.39 is 35.2 Å². The number of hydrogen-bond donors (Lipinski definition) is 2. The van der Waals surface area contributed by atoms with Crippen LogP contribution in [0.4, 0.5) is 13.2 Å². The number of ketones is 1. The molecule has 1 fully saturated rings. The van der Waals surface area contributed by atoms with E-state index in [4.69, 9.17) is 4.74 Å². The number of amides is 1. The smallest absolute Gasteiger partial charge is 0.416 e. The van der Waals surface area contributed by atoms with Gasteiger partial charge >= 0.3 is 6.18 Å². The SMILES string of the molecule is Cc1cc(/C(O)=C2\C(=O)C(=O)N(Cc3cccc(C(F)(F)F)c3)C2c2ccc(O)cc2)ccc1OC(C)C. The maximum absolute atomic E-state index is 13.3. The monoisotopic (exact) mass is 525 g/mol. The molecule has 0 saturated carbocycles. The van der Waals surface area contributed by atoms with Gasteiger partial charge in [-0.15, -0.1) is 0 Å². The Balaban J connectivity index is 1.82. The number of phenolic OH excluding ortho intramolecular Hbond substituents is 1. The minimum absolute atomic E-state index is 0.0556. The average Bonchev–Trinajstić information content (AvgIpc) is 3.09. The lowest BCUT2D eigenvalue weighted by Gasteiger charge is -2.26. The van der Waals surface area contributed by atoms with Crippen molar-refractivity contribution < 1.29 is 37.7 Å². The lowest BCUT2D eigenvalue weighted by molar-refractivity contribution is -0.140. The molecule has 3 aromatic carbocycles. The van der Waals surface area contributed by atoms with Crippen LogP contribution in [0.2, 0.25) is 0 Å². The number of halogens is 3. The second-order valence-corrected chi connectivity index (χ2v) is 9.36. The Morgan fingerprint density at radius 2 is 1.71 bits per heavy atom. The third-order valence-electron chi connectivity index (χ3n) is 6.17. The van der Waals surface area contributed by atoms with Crippen molar-refractivity contribution in [2.75, 3.05) is 0 Å². The molecule has 3 aromatic rings.